The number of likely N-dealkylation sites (tertiary alicyclic amines) is 1. The molecule has 0 spiro atoms. The summed E-state index contributed by atoms with van der Waals surface area (Å²) in [5, 5.41) is 12.3. The molecular formula is C13H26N2O2. The standard InChI is InChI=1S/C13H26N2O2/c1-4-14-13(2,3)12(17)15-9-6-5-7-11(15)8-10-16/h11,14,16H,4-10H2,1-3H3. The molecule has 1 fully saturated rings. The van der Waals surface area contributed by atoms with Crippen LogP contribution in [0.1, 0.15) is 46.5 Å². The highest BCUT2D eigenvalue weighted by Crippen LogP contribution is 2.22. The van der Waals surface area contributed by atoms with Gasteiger partial charge in [0.05, 0.1) is 5.54 Å². The number of aliphatic hydroxyl groups excluding tert-OH is 1. The molecule has 1 rings (SSSR count). The van der Waals surface area contributed by atoms with Gasteiger partial charge in [0.15, 0.2) is 0 Å². The first-order valence-electron chi connectivity index (χ1n) is 6.70. The van der Waals surface area contributed by atoms with Crippen LogP contribution in [0.5, 0.6) is 0 Å². The summed E-state index contributed by atoms with van der Waals surface area (Å²) >= 11 is 0. The smallest absolute Gasteiger partial charge is 0.242 e. The van der Waals surface area contributed by atoms with E-state index in [9.17, 15) is 4.79 Å². The molecule has 1 saturated heterocycles. The number of hydrogen-bond donors (Lipinski definition) is 2. The summed E-state index contributed by atoms with van der Waals surface area (Å²) in [5.74, 6) is 0.164. The first-order chi connectivity index (χ1) is 8.03. The molecule has 2 N–H and O–H groups in total. The second-order valence-electron chi connectivity index (χ2n) is 5.32. The number of nitrogens with one attached hydrogen (secondary N) is 1. The number of likely N-dealkylation sites (N-methyl/N-ethyl adjacent to an activating group) is 1. The van der Waals surface area contributed by atoms with E-state index in [2.05, 4.69) is 5.32 Å². The summed E-state index contributed by atoms with van der Waals surface area (Å²) in [7, 11) is 0. The van der Waals surface area contributed by atoms with Gasteiger partial charge >= 0.3 is 0 Å². The van der Waals surface area contributed by atoms with E-state index in [1.807, 2.05) is 25.7 Å². The molecule has 17 heavy (non-hydrogen) atoms. The van der Waals surface area contributed by atoms with Crippen molar-refractivity contribution in [3.63, 3.8) is 0 Å². The van der Waals surface area contributed by atoms with Gasteiger partial charge in [-0.15, -0.1) is 0 Å². The van der Waals surface area contributed by atoms with Crippen LogP contribution in [0.2, 0.25) is 0 Å². The molecule has 0 aromatic heterocycles. The maximum absolute atomic E-state index is 12.5. The van der Waals surface area contributed by atoms with Gasteiger partial charge in [0.2, 0.25) is 5.91 Å². The number of carbonyl (C=O) groups excluding carboxylic acids is 1. The molecule has 1 aliphatic heterocycles. The van der Waals surface area contributed by atoms with Crippen LogP contribution in [-0.2, 0) is 4.79 Å². The molecule has 0 bridgehead atoms. The van der Waals surface area contributed by atoms with Gasteiger partial charge in [-0.3, -0.25) is 4.79 Å². The van der Waals surface area contributed by atoms with Crippen molar-refractivity contribution < 1.29 is 9.90 Å². The largest absolute Gasteiger partial charge is 0.396 e. The molecular weight excluding hydrogens is 216 g/mol. The third-order valence-corrected chi connectivity index (χ3v) is 3.50. The third kappa shape index (κ3) is 3.68. The van der Waals surface area contributed by atoms with Gasteiger partial charge in [-0.05, 0) is 46.1 Å². The maximum Gasteiger partial charge on any atom is 0.242 e. The van der Waals surface area contributed by atoms with Gasteiger partial charge in [0.1, 0.15) is 0 Å². The molecule has 0 saturated carbocycles. The van der Waals surface area contributed by atoms with E-state index in [4.69, 9.17) is 5.11 Å². The predicted octanol–water partition coefficient (Wildman–Crippen LogP) is 1.14. The van der Waals surface area contributed by atoms with Crippen LogP contribution in [-0.4, -0.2) is 47.2 Å². The SMILES string of the molecule is CCNC(C)(C)C(=O)N1CCCCC1CCO. The molecule has 1 aliphatic rings. The van der Waals surface area contributed by atoms with Crippen molar-refractivity contribution in [1.29, 1.82) is 0 Å². The Morgan fingerprint density at radius 1 is 1.47 bits per heavy atom. The summed E-state index contributed by atoms with van der Waals surface area (Å²) in [5.41, 5.74) is -0.500. The van der Waals surface area contributed by atoms with Gasteiger partial charge in [-0.2, -0.15) is 0 Å². The lowest BCUT2D eigenvalue weighted by Crippen LogP contribution is -2.57. The van der Waals surface area contributed by atoms with Crippen molar-refractivity contribution in [2.75, 3.05) is 19.7 Å². The summed E-state index contributed by atoms with van der Waals surface area (Å²) in [6.45, 7) is 7.66. The summed E-state index contributed by atoms with van der Waals surface area (Å²) < 4.78 is 0. The quantitative estimate of drug-likeness (QED) is 0.760. The zero-order chi connectivity index (χ0) is 12.9. The Balaban J connectivity index is 2.70. The fourth-order valence-corrected chi connectivity index (χ4v) is 2.59. The van der Waals surface area contributed by atoms with Crippen LogP contribution < -0.4 is 5.32 Å². The van der Waals surface area contributed by atoms with E-state index >= 15 is 0 Å². The Morgan fingerprint density at radius 2 is 2.18 bits per heavy atom. The van der Waals surface area contributed by atoms with E-state index in [1.54, 1.807) is 0 Å². The Hall–Kier alpha value is -0.610. The van der Waals surface area contributed by atoms with Gasteiger partial charge in [0.25, 0.3) is 0 Å². The molecule has 1 unspecified atom stereocenters. The molecule has 0 aromatic carbocycles. The van der Waals surface area contributed by atoms with E-state index in [-0.39, 0.29) is 18.6 Å². The Morgan fingerprint density at radius 3 is 2.76 bits per heavy atom. The average Bonchev–Trinajstić information content (AvgIpc) is 2.29. The number of amides is 1. The van der Waals surface area contributed by atoms with Crippen molar-refractivity contribution in [3.8, 4) is 0 Å². The molecule has 4 heteroatoms. The van der Waals surface area contributed by atoms with Crippen molar-refractivity contribution in [1.82, 2.24) is 10.2 Å². The van der Waals surface area contributed by atoms with Crippen LogP contribution in [0.3, 0.4) is 0 Å². The van der Waals surface area contributed by atoms with Gasteiger partial charge in [-0.1, -0.05) is 6.92 Å². The normalized spacial score (nSPS) is 21.6. The lowest BCUT2D eigenvalue weighted by atomic mass is 9.95. The number of piperidine rings is 1. The number of hydrogen-bond acceptors (Lipinski definition) is 3. The van der Waals surface area contributed by atoms with Crippen molar-refractivity contribution in [3.05, 3.63) is 0 Å². The lowest BCUT2D eigenvalue weighted by Gasteiger charge is -2.40. The minimum absolute atomic E-state index is 0.163. The second-order valence-corrected chi connectivity index (χ2v) is 5.32. The van der Waals surface area contributed by atoms with Gasteiger partial charge < -0.3 is 15.3 Å². The Labute approximate surface area is 104 Å². The minimum atomic E-state index is -0.500. The molecule has 1 heterocycles. The topological polar surface area (TPSA) is 52.6 Å². The van der Waals surface area contributed by atoms with Crippen LogP contribution in [0, 0.1) is 0 Å². The zero-order valence-corrected chi connectivity index (χ0v) is 11.3. The van der Waals surface area contributed by atoms with Crippen LogP contribution in [0.4, 0.5) is 0 Å². The van der Waals surface area contributed by atoms with Gasteiger partial charge in [-0.25, -0.2) is 0 Å². The monoisotopic (exact) mass is 242 g/mol. The fourth-order valence-electron chi connectivity index (χ4n) is 2.59. The molecule has 0 aromatic rings. The predicted molar refractivity (Wildman–Crippen MR) is 68.8 cm³/mol. The molecule has 1 atom stereocenters. The Bertz CT molecular complexity index is 252. The molecule has 100 valence electrons. The second kappa shape index (κ2) is 6.36. The van der Waals surface area contributed by atoms with E-state index in [1.165, 1.54) is 0 Å². The highest BCUT2D eigenvalue weighted by molar-refractivity contribution is 5.85. The maximum atomic E-state index is 12.5. The van der Waals surface area contributed by atoms with Crippen molar-refractivity contribution in [2.24, 2.45) is 0 Å². The molecule has 1 amide bonds. The average molecular weight is 242 g/mol. The summed E-state index contributed by atoms with van der Waals surface area (Å²) in [6, 6.07) is 0.221. The minimum Gasteiger partial charge on any atom is -0.396 e. The molecule has 0 aliphatic carbocycles. The van der Waals surface area contributed by atoms with Crippen LogP contribution in [0.25, 0.3) is 0 Å². The number of rotatable bonds is 5. The summed E-state index contributed by atoms with van der Waals surface area (Å²) in [4.78, 5) is 14.4. The van der Waals surface area contributed by atoms with Crippen LogP contribution in [0.15, 0.2) is 0 Å². The summed E-state index contributed by atoms with van der Waals surface area (Å²) in [6.07, 6.45) is 3.97. The lowest BCUT2D eigenvalue weighted by molar-refractivity contribution is -0.141. The highest BCUT2D eigenvalue weighted by Gasteiger charge is 2.35. The zero-order valence-electron chi connectivity index (χ0n) is 11.3. The van der Waals surface area contributed by atoms with E-state index < -0.39 is 5.54 Å². The Kier molecular flexibility index (Phi) is 5.40. The van der Waals surface area contributed by atoms with Crippen molar-refractivity contribution in [2.45, 2.75) is 58.0 Å². The van der Waals surface area contributed by atoms with Crippen LogP contribution >= 0.6 is 0 Å². The van der Waals surface area contributed by atoms with Crippen molar-refractivity contribution >= 4 is 5.91 Å². The molecule has 0 radical (unpaired) electrons. The molecule has 4 nitrogen and oxygen atoms in total. The highest BCUT2D eigenvalue weighted by atomic mass is 16.3. The third-order valence-electron chi connectivity index (χ3n) is 3.50. The first-order valence-corrected chi connectivity index (χ1v) is 6.70. The number of carbonyl (C=O) groups is 1. The van der Waals surface area contributed by atoms with Gasteiger partial charge in [0, 0.05) is 19.2 Å². The van der Waals surface area contributed by atoms with E-state index in [0.29, 0.717) is 6.42 Å². The number of nitrogens with zero attached hydrogens (tertiary/aromatic N) is 1. The van der Waals surface area contributed by atoms with E-state index in [0.717, 1.165) is 32.4 Å². The fraction of sp³-hybridized carbons (Fsp3) is 0.923. The number of aliphatic hydroxyl groups is 1. The first kappa shape index (κ1) is 14.5.